The molecular weight excluding hydrogens is 290 g/mol. The first-order valence-corrected chi connectivity index (χ1v) is 7.68. The first-order valence-electron chi connectivity index (χ1n) is 7.68. The molecule has 1 saturated carbocycles. The zero-order valence-electron chi connectivity index (χ0n) is 13.6. The maximum absolute atomic E-state index is 12.3. The van der Waals surface area contributed by atoms with Crippen molar-refractivity contribution < 1.29 is 14.4 Å². The van der Waals surface area contributed by atoms with E-state index in [1.54, 1.807) is 16.8 Å². The SMILES string of the molecule is CC(=O)n1cc(C=C2C(=O)CC(C)(C)CC2=O)c2ccccc21. The molecule has 2 aromatic rings. The van der Waals surface area contributed by atoms with Gasteiger partial charge in [-0.05, 0) is 17.6 Å². The van der Waals surface area contributed by atoms with Gasteiger partial charge in [0.15, 0.2) is 11.6 Å². The Kier molecular flexibility index (Phi) is 3.55. The van der Waals surface area contributed by atoms with Crippen molar-refractivity contribution in [2.45, 2.75) is 33.6 Å². The molecule has 1 aliphatic carbocycles. The van der Waals surface area contributed by atoms with Gasteiger partial charge in [0.25, 0.3) is 0 Å². The van der Waals surface area contributed by atoms with Gasteiger partial charge < -0.3 is 0 Å². The lowest BCUT2D eigenvalue weighted by atomic mass is 9.74. The number of carbonyl (C=O) groups is 3. The number of Topliss-reactive ketones (excluding diaryl/α,β-unsaturated/α-hetero) is 2. The number of hydrogen-bond donors (Lipinski definition) is 0. The van der Waals surface area contributed by atoms with Crippen molar-refractivity contribution in [3.63, 3.8) is 0 Å². The summed E-state index contributed by atoms with van der Waals surface area (Å²) in [6.07, 6.45) is 4.08. The second kappa shape index (κ2) is 5.30. The number of para-hydroxylation sites is 1. The molecule has 1 aromatic carbocycles. The van der Waals surface area contributed by atoms with Crippen molar-refractivity contribution >= 4 is 34.5 Å². The van der Waals surface area contributed by atoms with Gasteiger partial charge in [-0.1, -0.05) is 32.0 Å². The second-order valence-electron chi connectivity index (χ2n) is 6.91. The third kappa shape index (κ3) is 2.77. The third-order valence-corrected chi connectivity index (χ3v) is 4.26. The minimum absolute atomic E-state index is 0.103. The molecule has 23 heavy (non-hydrogen) atoms. The summed E-state index contributed by atoms with van der Waals surface area (Å²) in [5, 5.41) is 0.862. The summed E-state index contributed by atoms with van der Waals surface area (Å²) in [6, 6.07) is 7.48. The number of nitrogens with zero attached hydrogens (tertiary/aromatic N) is 1. The van der Waals surface area contributed by atoms with Gasteiger partial charge in [0.05, 0.1) is 11.1 Å². The van der Waals surface area contributed by atoms with Gasteiger partial charge in [0.1, 0.15) is 0 Å². The van der Waals surface area contributed by atoms with Crippen LogP contribution in [0.25, 0.3) is 17.0 Å². The molecule has 4 heteroatoms. The van der Waals surface area contributed by atoms with Crippen LogP contribution in [0.2, 0.25) is 0 Å². The molecule has 0 N–H and O–H groups in total. The zero-order valence-corrected chi connectivity index (χ0v) is 13.6. The van der Waals surface area contributed by atoms with Crippen LogP contribution in [0.1, 0.15) is 44.0 Å². The molecule has 0 saturated heterocycles. The molecule has 1 fully saturated rings. The van der Waals surface area contributed by atoms with E-state index in [-0.39, 0.29) is 28.5 Å². The van der Waals surface area contributed by atoms with Crippen LogP contribution in [0, 0.1) is 5.41 Å². The Hall–Kier alpha value is -2.49. The minimum atomic E-state index is -0.279. The molecule has 0 radical (unpaired) electrons. The molecule has 0 unspecified atom stereocenters. The topological polar surface area (TPSA) is 56.1 Å². The zero-order chi connectivity index (χ0) is 16.8. The molecule has 1 heterocycles. The maximum atomic E-state index is 12.3. The van der Waals surface area contributed by atoms with Crippen LogP contribution >= 0.6 is 0 Å². The minimum Gasteiger partial charge on any atom is -0.294 e. The van der Waals surface area contributed by atoms with Crippen molar-refractivity contribution in [1.82, 2.24) is 4.57 Å². The van der Waals surface area contributed by atoms with Gasteiger partial charge in [-0.25, -0.2) is 0 Å². The fraction of sp³-hybridized carbons (Fsp3) is 0.316. The summed E-state index contributed by atoms with van der Waals surface area (Å²) in [5.74, 6) is -0.343. The standard InChI is InChI=1S/C19H19NO3/c1-12(21)20-11-13(14-6-4-5-7-16(14)20)8-15-17(22)9-19(2,3)10-18(15)23/h4-8,11H,9-10H2,1-3H3. The highest BCUT2D eigenvalue weighted by molar-refractivity contribution is 6.25. The summed E-state index contributed by atoms with van der Waals surface area (Å²) in [4.78, 5) is 36.5. The van der Waals surface area contributed by atoms with Crippen LogP contribution in [0.4, 0.5) is 0 Å². The van der Waals surface area contributed by atoms with E-state index >= 15 is 0 Å². The maximum Gasteiger partial charge on any atom is 0.227 e. The average Bonchev–Trinajstić information content (AvgIpc) is 2.81. The predicted molar refractivity (Wildman–Crippen MR) is 89.2 cm³/mol. The number of carbonyl (C=O) groups excluding carboxylic acids is 3. The number of fused-ring (bicyclic) bond motifs is 1. The Bertz CT molecular complexity index is 846. The Morgan fingerprint density at radius 2 is 1.74 bits per heavy atom. The lowest BCUT2D eigenvalue weighted by Crippen LogP contribution is -2.31. The summed E-state index contributed by atoms with van der Waals surface area (Å²) < 4.78 is 1.55. The van der Waals surface area contributed by atoms with E-state index in [2.05, 4.69) is 0 Å². The Morgan fingerprint density at radius 1 is 1.13 bits per heavy atom. The van der Waals surface area contributed by atoms with Crippen molar-refractivity contribution in [3.8, 4) is 0 Å². The molecule has 4 nitrogen and oxygen atoms in total. The number of aromatic nitrogens is 1. The number of benzene rings is 1. The summed E-state index contributed by atoms with van der Waals surface area (Å²) >= 11 is 0. The summed E-state index contributed by atoms with van der Waals surface area (Å²) in [6.45, 7) is 5.35. The van der Waals surface area contributed by atoms with Gasteiger partial charge in [-0.15, -0.1) is 0 Å². The molecule has 0 spiro atoms. The fourth-order valence-electron chi connectivity index (χ4n) is 3.18. The predicted octanol–water partition coefficient (Wildman–Crippen LogP) is 3.64. The molecule has 0 amide bonds. The lowest BCUT2D eigenvalue weighted by Gasteiger charge is -2.28. The molecule has 1 aromatic heterocycles. The monoisotopic (exact) mass is 309 g/mol. The van der Waals surface area contributed by atoms with E-state index < -0.39 is 0 Å². The van der Waals surface area contributed by atoms with Crippen molar-refractivity contribution in [1.29, 1.82) is 0 Å². The molecule has 0 aliphatic heterocycles. The van der Waals surface area contributed by atoms with Crippen LogP contribution < -0.4 is 0 Å². The summed E-state index contributed by atoms with van der Waals surface area (Å²) in [5.41, 5.74) is 1.48. The average molecular weight is 309 g/mol. The van der Waals surface area contributed by atoms with Gasteiger partial charge in [-0.2, -0.15) is 0 Å². The number of hydrogen-bond acceptors (Lipinski definition) is 3. The smallest absolute Gasteiger partial charge is 0.227 e. The van der Waals surface area contributed by atoms with Crippen LogP contribution in [0.15, 0.2) is 36.0 Å². The molecular formula is C19H19NO3. The Morgan fingerprint density at radius 3 is 2.35 bits per heavy atom. The van der Waals surface area contributed by atoms with Gasteiger partial charge in [0.2, 0.25) is 5.91 Å². The van der Waals surface area contributed by atoms with E-state index in [1.165, 1.54) is 6.92 Å². The summed E-state index contributed by atoms with van der Waals surface area (Å²) in [7, 11) is 0. The molecule has 0 atom stereocenters. The van der Waals surface area contributed by atoms with E-state index in [0.717, 1.165) is 16.5 Å². The van der Waals surface area contributed by atoms with Gasteiger partial charge in [-0.3, -0.25) is 19.0 Å². The first kappa shape index (κ1) is 15.4. The highest BCUT2D eigenvalue weighted by atomic mass is 16.2. The van der Waals surface area contributed by atoms with E-state index in [9.17, 15) is 14.4 Å². The third-order valence-electron chi connectivity index (χ3n) is 4.26. The molecule has 1 aliphatic rings. The normalized spacial score (nSPS) is 17.6. The van der Waals surface area contributed by atoms with Crippen molar-refractivity contribution in [3.05, 3.63) is 41.6 Å². The Labute approximate surface area is 134 Å². The van der Waals surface area contributed by atoms with Crippen molar-refractivity contribution in [2.24, 2.45) is 5.41 Å². The van der Waals surface area contributed by atoms with Crippen LogP contribution in [0.5, 0.6) is 0 Å². The fourth-order valence-corrected chi connectivity index (χ4v) is 3.18. The number of rotatable bonds is 1. The molecule has 118 valence electrons. The van der Waals surface area contributed by atoms with E-state index in [0.29, 0.717) is 12.8 Å². The number of allylic oxidation sites excluding steroid dienone is 1. The second-order valence-corrected chi connectivity index (χ2v) is 6.91. The van der Waals surface area contributed by atoms with E-state index in [1.807, 2.05) is 38.1 Å². The first-order chi connectivity index (χ1) is 10.8. The Balaban J connectivity index is 2.13. The lowest BCUT2D eigenvalue weighted by molar-refractivity contribution is -0.127. The highest BCUT2D eigenvalue weighted by Gasteiger charge is 2.35. The van der Waals surface area contributed by atoms with Crippen LogP contribution in [-0.4, -0.2) is 22.0 Å². The highest BCUT2D eigenvalue weighted by Crippen LogP contribution is 2.35. The molecule has 0 bridgehead atoms. The van der Waals surface area contributed by atoms with Gasteiger partial charge in [0, 0.05) is 36.9 Å². The van der Waals surface area contributed by atoms with Crippen molar-refractivity contribution in [2.75, 3.05) is 0 Å². The van der Waals surface area contributed by atoms with Gasteiger partial charge >= 0.3 is 0 Å². The molecule has 3 rings (SSSR count). The number of ketones is 2. The van der Waals surface area contributed by atoms with Crippen LogP contribution in [-0.2, 0) is 9.59 Å². The van der Waals surface area contributed by atoms with E-state index in [4.69, 9.17) is 0 Å². The quantitative estimate of drug-likeness (QED) is 0.597. The largest absolute Gasteiger partial charge is 0.294 e. The van der Waals surface area contributed by atoms with Crippen LogP contribution in [0.3, 0.4) is 0 Å².